The van der Waals surface area contributed by atoms with E-state index in [9.17, 15) is 14.4 Å². The van der Waals surface area contributed by atoms with Crippen molar-refractivity contribution >= 4 is 17.9 Å². The monoisotopic (exact) mass is 279 g/mol. The summed E-state index contributed by atoms with van der Waals surface area (Å²) in [7, 11) is 0. The number of primary amides is 1. The highest BCUT2D eigenvalue weighted by Gasteiger charge is 2.14. The summed E-state index contributed by atoms with van der Waals surface area (Å²) in [6.07, 6.45) is -0.844. The van der Waals surface area contributed by atoms with E-state index in [1.165, 1.54) is 0 Å². The second kappa shape index (κ2) is 7.90. The first-order valence-electron chi connectivity index (χ1n) is 6.04. The smallest absolute Gasteiger partial charge is 0.414 e. The summed E-state index contributed by atoms with van der Waals surface area (Å²) in [6, 6.07) is 8.15. The summed E-state index contributed by atoms with van der Waals surface area (Å²) in [5.41, 5.74) is 11.1. The molecule has 0 fully saturated rings. The van der Waals surface area contributed by atoms with Gasteiger partial charge in [0.25, 0.3) is 0 Å². The summed E-state index contributed by atoms with van der Waals surface area (Å²) in [4.78, 5) is 33.4. The van der Waals surface area contributed by atoms with Crippen LogP contribution < -0.4 is 16.8 Å². The Labute approximate surface area is 116 Å². The topological polar surface area (TPSA) is 125 Å². The number of nitrogens with one attached hydrogen (secondary N) is 1. The van der Waals surface area contributed by atoms with Crippen LogP contribution in [-0.4, -0.2) is 23.9 Å². The van der Waals surface area contributed by atoms with Crippen molar-refractivity contribution in [1.82, 2.24) is 5.32 Å². The number of carbonyl (C=O) groups excluding carboxylic acids is 3. The first kappa shape index (κ1) is 15.6. The van der Waals surface area contributed by atoms with Gasteiger partial charge in [-0.05, 0) is 12.0 Å². The van der Waals surface area contributed by atoms with Crippen molar-refractivity contribution in [3.05, 3.63) is 35.9 Å². The predicted molar refractivity (Wildman–Crippen MR) is 71.2 cm³/mol. The van der Waals surface area contributed by atoms with Gasteiger partial charge in [-0.3, -0.25) is 14.9 Å². The lowest BCUT2D eigenvalue weighted by Gasteiger charge is -2.08. The number of rotatable bonds is 6. The van der Waals surface area contributed by atoms with Gasteiger partial charge < -0.3 is 16.2 Å². The Morgan fingerprint density at radius 1 is 1.20 bits per heavy atom. The minimum absolute atomic E-state index is 0.0702. The molecule has 0 heterocycles. The van der Waals surface area contributed by atoms with Crippen LogP contribution in [0.5, 0.6) is 0 Å². The van der Waals surface area contributed by atoms with Gasteiger partial charge in [-0.1, -0.05) is 30.3 Å². The number of nitrogens with two attached hydrogens (primary N) is 2. The number of hydrogen-bond acceptors (Lipinski definition) is 5. The quantitative estimate of drug-likeness (QED) is 0.677. The van der Waals surface area contributed by atoms with E-state index in [1.54, 1.807) is 12.1 Å². The molecule has 1 aromatic carbocycles. The average Bonchev–Trinajstić information content (AvgIpc) is 2.43. The standard InChI is InChI=1S/C13H17N3O4/c14-10(12(15)18)6-7-11(17)16-13(19)20-8-9-4-2-1-3-5-9/h1-5,10H,6-8,14H2,(H2,15,18)(H,16,17,19)/t10-/m0/s1. The lowest BCUT2D eigenvalue weighted by molar-refractivity contribution is -0.121. The molecule has 0 spiro atoms. The van der Waals surface area contributed by atoms with Crippen molar-refractivity contribution in [2.45, 2.75) is 25.5 Å². The molecule has 1 atom stereocenters. The summed E-state index contributed by atoms with van der Waals surface area (Å²) < 4.78 is 4.86. The van der Waals surface area contributed by atoms with E-state index in [-0.39, 0.29) is 19.4 Å². The van der Waals surface area contributed by atoms with Crippen LogP contribution in [0.3, 0.4) is 0 Å². The number of ether oxygens (including phenoxy) is 1. The van der Waals surface area contributed by atoms with Crippen LogP contribution in [0.1, 0.15) is 18.4 Å². The molecule has 0 bridgehead atoms. The number of carbonyl (C=O) groups is 3. The van der Waals surface area contributed by atoms with Crippen LogP contribution in [0.25, 0.3) is 0 Å². The van der Waals surface area contributed by atoms with E-state index in [0.717, 1.165) is 5.56 Å². The Balaban J connectivity index is 2.25. The zero-order valence-electron chi connectivity index (χ0n) is 10.9. The average molecular weight is 279 g/mol. The maximum absolute atomic E-state index is 11.4. The fourth-order valence-electron chi connectivity index (χ4n) is 1.36. The molecule has 0 aromatic heterocycles. The van der Waals surface area contributed by atoms with Crippen molar-refractivity contribution in [2.24, 2.45) is 11.5 Å². The summed E-state index contributed by atoms with van der Waals surface area (Å²) in [5.74, 6) is -1.26. The molecule has 0 aliphatic carbocycles. The lowest BCUT2D eigenvalue weighted by atomic mass is 10.1. The van der Waals surface area contributed by atoms with Gasteiger partial charge in [0.05, 0.1) is 6.04 Å². The summed E-state index contributed by atoms with van der Waals surface area (Å²) in [5, 5.41) is 2.04. The van der Waals surface area contributed by atoms with Crippen LogP contribution in [0, 0.1) is 0 Å². The van der Waals surface area contributed by atoms with Crippen LogP contribution >= 0.6 is 0 Å². The number of amides is 3. The fraction of sp³-hybridized carbons (Fsp3) is 0.308. The summed E-state index contributed by atoms with van der Waals surface area (Å²) >= 11 is 0. The minimum atomic E-state index is -0.902. The van der Waals surface area contributed by atoms with Crippen LogP contribution in [0.2, 0.25) is 0 Å². The molecule has 0 aliphatic heterocycles. The van der Waals surface area contributed by atoms with Gasteiger partial charge in [-0.15, -0.1) is 0 Å². The molecular weight excluding hydrogens is 262 g/mol. The Hall–Kier alpha value is -2.41. The molecule has 108 valence electrons. The molecule has 3 amide bonds. The maximum atomic E-state index is 11.4. The molecule has 7 heteroatoms. The van der Waals surface area contributed by atoms with Crippen LogP contribution in [0.15, 0.2) is 30.3 Å². The van der Waals surface area contributed by atoms with E-state index in [2.05, 4.69) is 0 Å². The third-order valence-corrected chi connectivity index (χ3v) is 2.50. The Kier molecular flexibility index (Phi) is 6.18. The Morgan fingerprint density at radius 3 is 2.45 bits per heavy atom. The maximum Gasteiger partial charge on any atom is 0.414 e. The molecule has 0 aliphatic rings. The largest absolute Gasteiger partial charge is 0.444 e. The number of hydrogen-bond donors (Lipinski definition) is 3. The van der Waals surface area contributed by atoms with Crippen molar-refractivity contribution in [2.75, 3.05) is 0 Å². The van der Waals surface area contributed by atoms with Gasteiger partial charge >= 0.3 is 6.09 Å². The van der Waals surface area contributed by atoms with E-state index in [4.69, 9.17) is 16.2 Å². The number of imide groups is 1. The first-order valence-corrected chi connectivity index (χ1v) is 6.04. The van der Waals surface area contributed by atoms with Gasteiger partial charge in [0.15, 0.2) is 0 Å². The zero-order valence-corrected chi connectivity index (χ0v) is 10.9. The van der Waals surface area contributed by atoms with Gasteiger partial charge in [0.2, 0.25) is 11.8 Å². The van der Waals surface area contributed by atoms with Crippen molar-refractivity contribution in [3.8, 4) is 0 Å². The van der Waals surface area contributed by atoms with Crippen LogP contribution in [0.4, 0.5) is 4.79 Å². The third kappa shape index (κ3) is 5.96. The zero-order chi connectivity index (χ0) is 15.0. The van der Waals surface area contributed by atoms with E-state index in [1.807, 2.05) is 23.5 Å². The Morgan fingerprint density at radius 2 is 1.85 bits per heavy atom. The molecule has 0 radical (unpaired) electrons. The number of alkyl carbamates (subject to hydrolysis) is 1. The van der Waals surface area contributed by atoms with Crippen LogP contribution in [-0.2, 0) is 20.9 Å². The van der Waals surface area contributed by atoms with Gasteiger partial charge in [0.1, 0.15) is 6.61 Å². The van der Waals surface area contributed by atoms with E-state index >= 15 is 0 Å². The van der Waals surface area contributed by atoms with E-state index < -0.39 is 23.9 Å². The second-order valence-electron chi connectivity index (χ2n) is 4.16. The van der Waals surface area contributed by atoms with Gasteiger partial charge in [-0.2, -0.15) is 0 Å². The first-order chi connectivity index (χ1) is 9.49. The highest BCUT2D eigenvalue weighted by Crippen LogP contribution is 2.01. The second-order valence-corrected chi connectivity index (χ2v) is 4.16. The highest BCUT2D eigenvalue weighted by molar-refractivity contribution is 5.92. The number of benzene rings is 1. The molecule has 20 heavy (non-hydrogen) atoms. The lowest BCUT2D eigenvalue weighted by Crippen LogP contribution is -2.38. The van der Waals surface area contributed by atoms with Gasteiger partial charge in [0, 0.05) is 6.42 Å². The fourth-order valence-corrected chi connectivity index (χ4v) is 1.36. The molecule has 0 saturated heterocycles. The van der Waals surface area contributed by atoms with Crippen molar-refractivity contribution in [3.63, 3.8) is 0 Å². The van der Waals surface area contributed by atoms with E-state index in [0.29, 0.717) is 0 Å². The normalized spacial score (nSPS) is 11.4. The molecule has 5 N–H and O–H groups in total. The summed E-state index contributed by atoms with van der Waals surface area (Å²) in [6.45, 7) is 0.0702. The molecule has 1 aromatic rings. The molecule has 0 unspecified atom stereocenters. The predicted octanol–water partition coefficient (Wildman–Crippen LogP) is 0.0322. The highest BCUT2D eigenvalue weighted by atomic mass is 16.5. The van der Waals surface area contributed by atoms with Crippen molar-refractivity contribution < 1.29 is 19.1 Å². The molecule has 1 rings (SSSR count). The Bertz CT molecular complexity index is 476. The third-order valence-electron chi connectivity index (χ3n) is 2.50. The van der Waals surface area contributed by atoms with Gasteiger partial charge in [-0.25, -0.2) is 4.79 Å². The minimum Gasteiger partial charge on any atom is -0.444 e. The molecular formula is C13H17N3O4. The SMILES string of the molecule is NC(=O)[C@@H](N)CCC(=O)NC(=O)OCc1ccccc1. The molecule has 7 nitrogen and oxygen atoms in total. The van der Waals surface area contributed by atoms with Crippen molar-refractivity contribution in [1.29, 1.82) is 0 Å². The molecule has 0 saturated carbocycles.